The Morgan fingerprint density at radius 1 is 1.33 bits per heavy atom. The van der Waals surface area contributed by atoms with E-state index in [-0.39, 0.29) is 0 Å². The summed E-state index contributed by atoms with van der Waals surface area (Å²) in [4.78, 5) is 2.00. The summed E-state index contributed by atoms with van der Waals surface area (Å²) in [6.45, 7) is 7.78. The van der Waals surface area contributed by atoms with E-state index in [1.165, 1.54) is 6.42 Å². The van der Waals surface area contributed by atoms with Crippen LogP contribution in [0.15, 0.2) is 4.34 Å². The third-order valence-electron chi connectivity index (χ3n) is 2.73. The monoisotopic (exact) mass is 288 g/mol. The molecule has 18 heavy (non-hydrogen) atoms. The molecule has 0 fully saturated rings. The van der Waals surface area contributed by atoms with Crippen molar-refractivity contribution in [2.75, 3.05) is 25.5 Å². The van der Waals surface area contributed by atoms with Crippen molar-refractivity contribution >= 4 is 28.2 Å². The van der Waals surface area contributed by atoms with Crippen LogP contribution in [-0.2, 0) is 0 Å². The molecular formula is C12H24N4S2. The molecule has 1 aromatic rings. The van der Waals surface area contributed by atoms with Gasteiger partial charge in [-0.15, -0.1) is 10.2 Å². The van der Waals surface area contributed by atoms with Gasteiger partial charge in [-0.2, -0.15) is 0 Å². The van der Waals surface area contributed by atoms with E-state index in [4.69, 9.17) is 0 Å². The minimum absolute atomic E-state index is 0.518. The number of rotatable bonds is 8. The van der Waals surface area contributed by atoms with Crippen LogP contribution < -0.4 is 10.2 Å². The third-order valence-corrected chi connectivity index (χ3v) is 5.14. The molecule has 1 rings (SSSR count). The van der Waals surface area contributed by atoms with E-state index >= 15 is 0 Å². The van der Waals surface area contributed by atoms with Gasteiger partial charge in [-0.3, -0.25) is 0 Å². The van der Waals surface area contributed by atoms with Crippen LogP contribution in [0.4, 0.5) is 5.13 Å². The molecule has 0 radical (unpaired) electrons. The minimum atomic E-state index is 0.518. The summed E-state index contributed by atoms with van der Waals surface area (Å²) in [6.07, 6.45) is 2.32. The van der Waals surface area contributed by atoms with Crippen molar-refractivity contribution < 1.29 is 0 Å². The topological polar surface area (TPSA) is 41.1 Å². The van der Waals surface area contributed by atoms with E-state index in [0.29, 0.717) is 11.3 Å². The molecule has 0 aliphatic carbocycles. The summed E-state index contributed by atoms with van der Waals surface area (Å²) < 4.78 is 1.06. The lowest BCUT2D eigenvalue weighted by Gasteiger charge is -2.22. The zero-order valence-corrected chi connectivity index (χ0v) is 13.6. The van der Waals surface area contributed by atoms with Gasteiger partial charge in [-0.25, -0.2) is 0 Å². The first kappa shape index (κ1) is 15.7. The summed E-state index contributed by atoms with van der Waals surface area (Å²) in [5.74, 6) is 0. The Balaban J connectivity index is 2.53. The number of thioether (sulfide) groups is 1. The van der Waals surface area contributed by atoms with Gasteiger partial charge in [0.2, 0.25) is 5.13 Å². The van der Waals surface area contributed by atoms with Gasteiger partial charge in [0.05, 0.1) is 0 Å². The molecule has 0 aromatic carbocycles. The highest BCUT2D eigenvalue weighted by Gasteiger charge is 2.18. The van der Waals surface area contributed by atoms with E-state index in [1.54, 1.807) is 11.3 Å². The molecular weight excluding hydrogens is 264 g/mol. The van der Waals surface area contributed by atoms with Gasteiger partial charge in [-0.05, 0) is 19.4 Å². The Hall–Kier alpha value is -0.330. The number of nitrogens with zero attached hydrogens (tertiary/aromatic N) is 3. The first-order valence-corrected chi connectivity index (χ1v) is 8.18. The normalized spacial score (nSPS) is 14.5. The second-order valence-electron chi connectivity index (χ2n) is 4.54. The van der Waals surface area contributed by atoms with Gasteiger partial charge in [0.1, 0.15) is 0 Å². The molecule has 104 valence electrons. The number of aromatic nitrogens is 2. The number of nitrogens with one attached hydrogen (secondary N) is 1. The first-order chi connectivity index (χ1) is 8.58. The maximum absolute atomic E-state index is 4.24. The average molecular weight is 288 g/mol. The fourth-order valence-electron chi connectivity index (χ4n) is 1.64. The molecule has 1 heterocycles. The molecule has 0 saturated heterocycles. The highest BCUT2D eigenvalue weighted by molar-refractivity contribution is 8.01. The second kappa shape index (κ2) is 7.96. The van der Waals surface area contributed by atoms with E-state index in [2.05, 4.69) is 36.3 Å². The summed E-state index contributed by atoms with van der Waals surface area (Å²) in [5.41, 5.74) is 0. The van der Waals surface area contributed by atoms with Crippen LogP contribution in [0.5, 0.6) is 0 Å². The standard InChI is InChI=1S/C12H24N4S2/c1-6-8-13-10(7-2)9(3)17-12-15-14-11(18-12)16(4)5/h9-10,13H,6-8H2,1-5H3. The Kier molecular flexibility index (Phi) is 6.96. The molecule has 0 aliphatic rings. The Morgan fingerprint density at radius 3 is 2.56 bits per heavy atom. The van der Waals surface area contributed by atoms with Crippen LogP contribution in [-0.4, -0.2) is 42.1 Å². The zero-order chi connectivity index (χ0) is 13.5. The quantitative estimate of drug-likeness (QED) is 0.745. The van der Waals surface area contributed by atoms with Crippen molar-refractivity contribution in [3.05, 3.63) is 0 Å². The predicted octanol–water partition coefficient (Wildman–Crippen LogP) is 2.86. The van der Waals surface area contributed by atoms with Gasteiger partial charge in [0.15, 0.2) is 4.34 Å². The molecule has 0 saturated carbocycles. The molecule has 1 aromatic heterocycles. The van der Waals surface area contributed by atoms with Crippen molar-refractivity contribution in [2.45, 2.75) is 49.2 Å². The SMILES string of the molecule is CCCNC(CC)C(C)Sc1nnc(N(C)C)s1. The highest BCUT2D eigenvalue weighted by atomic mass is 32.2. The van der Waals surface area contributed by atoms with Crippen molar-refractivity contribution in [2.24, 2.45) is 0 Å². The van der Waals surface area contributed by atoms with Crippen molar-refractivity contribution in [1.82, 2.24) is 15.5 Å². The van der Waals surface area contributed by atoms with Gasteiger partial charge >= 0.3 is 0 Å². The first-order valence-electron chi connectivity index (χ1n) is 6.49. The smallest absolute Gasteiger partial charge is 0.208 e. The van der Waals surface area contributed by atoms with Gasteiger partial charge < -0.3 is 10.2 Å². The van der Waals surface area contributed by atoms with Crippen LogP contribution in [0, 0.1) is 0 Å². The lowest BCUT2D eigenvalue weighted by atomic mass is 10.1. The maximum Gasteiger partial charge on any atom is 0.208 e. The van der Waals surface area contributed by atoms with Crippen molar-refractivity contribution in [3.8, 4) is 0 Å². The Bertz CT molecular complexity index is 341. The van der Waals surface area contributed by atoms with E-state index in [9.17, 15) is 0 Å². The summed E-state index contributed by atoms with van der Waals surface area (Å²) in [6, 6.07) is 0.543. The van der Waals surface area contributed by atoms with E-state index in [0.717, 1.165) is 22.4 Å². The molecule has 0 amide bonds. The lowest BCUT2D eigenvalue weighted by molar-refractivity contribution is 0.493. The minimum Gasteiger partial charge on any atom is -0.353 e. The lowest BCUT2D eigenvalue weighted by Crippen LogP contribution is -2.36. The Morgan fingerprint density at radius 2 is 2.06 bits per heavy atom. The van der Waals surface area contributed by atoms with Crippen LogP contribution in [0.2, 0.25) is 0 Å². The maximum atomic E-state index is 4.24. The number of hydrogen-bond donors (Lipinski definition) is 1. The average Bonchev–Trinajstić information content (AvgIpc) is 2.78. The van der Waals surface area contributed by atoms with Crippen LogP contribution in [0.3, 0.4) is 0 Å². The summed E-state index contributed by atoms with van der Waals surface area (Å²) in [5, 5.41) is 13.5. The fourth-order valence-corrected chi connectivity index (χ4v) is 3.88. The Labute approximate surface area is 119 Å². The second-order valence-corrected chi connectivity index (χ2v) is 7.12. The van der Waals surface area contributed by atoms with Gasteiger partial charge in [0.25, 0.3) is 0 Å². The molecule has 2 atom stereocenters. The molecule has 0 spiro atoms. The fraction of sp³-hybridized carbons (Fsp3) is 0.833. The van der Waals surface area contributed by atoms with Gasteiger partial charge in [0, 0.05) is 25.4 Å². The van der Waals surface area contributed by atoms with E-state index < -0.39 is 0 Å². The number of anilines is 1. The van der Waals surface area contributed by atoms with E-state index in [1.807, 2.05) is 30.8 Å². The zero-order valence-electron chi connectivity index (χ0n) is 11.9. The van der Waals surface area contributed by atoms with Crippen LogP contribution in [0.25, 0.3) is 0 Å². The largest absolute Gasteiger partial charge is 0.353 e. The third kappa shape index (κ3) is 4.74. The van der Waals surface area contributed by atoms with Crippen LogP contribution >= 0.6 is 23.1 Å². The van der Waals surface area contributed by atoms with Crippen LogP contribution in [0.1, 0.15) is 33.6 Å². The van der Waals surface area contributed by atoms with Gasteiger partial charge in [-0.1, -0.05) is 43.9 Å². The molecule has 1 N–H and O–H groups in total. The summed E-state index contributed by atoms with van der Waals surface area (Å²) in [7, 11) is 3.99. The molecule has 4 nitrogen and oxygen atoms in total. The number of hydrogen-bond acceptors (Lipinski definition) is 6. The summed E-state index contributed by atoms with van der Waals surface area (Å²) >= 11 is 3.48. The predicted molar refractivity (Wildman–Crippen MR) is 81.9 cm³/mol. The molecule has 0 bridgehead atoms. The molecule has 6 heteroatoms. The van der Waals surface area contributed by atoms with Crippen molar-refractivity contribution in [1.29, 1.82) is 0 Å². The molecule has 0 aliphatic heterocycles. The molecule has 2 unspecified atom stereocenters. The highest BCUT2D eigenvalue weighted by Crippen LogP contribution is 2.31. The van der Waals surface area contributed by atoms with Crippen molar-refractivity contribution in [3.63, 3.8) is 0 Å².